The van der Waals surface area contributed by atoms with Crippen molar-refractivity contribution in [3.63, 3.8) is 0 Å². The molecule has 0 spiro atoms. The Hall–Kier alpha value is -7.32. The van der Waals surface area contributed by atoms with Crippen LogP contribution in [0.15, 0.2) is 127 Å². The molecule has 6 N–H and O–H groups in total. The Morgan fingerprint density at radius 2 is 0.949 bits per heavy atom. The second kappa shape index (κ2) is 24.1. The molecule has 2 aliphatic carbocycles. The molecule has 2 unspecified atom stereocenters. The van der Waals surface area contributed by atoms with Crippen LogP contribution in [0.3, 0.4) is 0 Å². The summed E-state index contributed by atoms with van der Waals surface area (Å²) in [6.45, 7) is 20.0. The van der Waals surface area contributed by atoms with Gasteiger partial charge < -0.3 is 40.9 Å². The number of benzene rings is 6. The number of hydrogen-bond donors (Lipinski definition) is 6. The third-order valence-electron chi connectivity index (χ3n) is 16.0. The molecule has 2 atom stereocenters. The Labute approximate surface area is 464 Å². The van der Waals surface area contributed by atoms with Crippen LogP contribution in [-0.4, -0.2) is 73.6 Å². The minimum Gasteiger partial charge on any atom is -0.478 e. The molecule has 0 fully saturated rings. The van der Waals surface area contributed by atoms with Crippen LogP contribution >= 0.6 is 0 Å². The van der Waals surface area contributed by atoms with Crippen molar-refractivity contribution in [1.82, 2.24) is 0 Å². The number of fused-ring (bicyclic) bond motifs is 2. The van der Waals surface area contributed by atoms with Gasteiger partial charge in [-0.05, 0) is 183 Å². The Morgan fingerprint density at radius 3 is 1.37 bits per heavy atom. The summed E-state index contributed by atoms with van der Waals surface area (Å²) in [6.07, 6.45) is 8.05. The maximum absolute atomic E-state index is 11.2. The average molecular weight is 1050 g/mol. The molecule has 0 amide bonds. The van der Waals surface area contributed by atoms with Crippen LogP contribution in [0, 0.1) is 11.8 Å². The molecule has 2 aliphatic rings. The van der Waals surface area contributed by atoms with Crippen LogP contribution in [0.4, 0.5) is 22.7 Å². The van der Waals surface area contributed by atoms with Crippen molar-refractivity contribution in [3.05, 3.63) is 194 Å². The third-order valence-corrected chi connectivity index (χ3v) is 16.0. The molecule has 6 aromatic carbocycles. The summed E-state index contributed by atoms with van der Waals surface area (Å²) in [7, 11) is 8.19. The van der Waals surface area contributed by atoms with Crippen LogP contribution in [0.1, 0.15) is 170 Å². The minimum absolute atomic E-state index is 0.00933. The van der Waals surface area contributed by atoms with Crippen molar-refractivity contribution >= 4 is 40.8 Å². The van der Waals surface area contributed by atoms with Crippen molar-refractivity contribution in [2.75, 3.05) is 61.7 Å². The maximum atomic E-state index is 11.2. The number of carboxylic acid groups (broad SMARTS) is 2. The minimum atomic E-state index is -0.972. The molecule has 0 radical (unpaired) electrons. The molecule has 6 aromatic rings. The fraction of sp³-hybridized carbons (Fsp3) is 0.382. The van der Waals surface area contributed by atoms with Crippen molar-refractivity contribution in [1.29, 1.82) is 0 Å². The molecule has 0 saturated carbocycles. The van der Waals surface area contributed by atoms with Crippen molar-refractivity contribution in [2.24, 2.45) is 0 Å². The topological polar surface area (TPSA) is 146 Å². The predicted molar refractivity (Wildman–Crippen MR) is 322 cm³/mol. The van der Waals surface area contributed by atoms with Gasteiger partial charge in [-0.15, -0.1) is 0 Å². The third kappa shape index (κ3) is 14.2. The number of carbonyl (C=O) groups is 2. The standard InChI is InChI=1S/C34H42N2O3.C34H40N2O3/c2*1-33(2)18-19-34(3,4)31-28(33)21-26(30(37)16-11-23-7-12-25(13-8-23)32(38)39)22-29(31)35-20-17-24-9-14-27(15-10-24)36(5)6/h7-16,21-22,30,35,37H,17-20H2,1-6H3,(H,38,39);7-10,12-15,21-22,30,35,37H,17-20H2,1-6H3,(H,38,39). The van der Waals surface area contributed by atoms with E-state index in [2.05, 4.69) is 175 Å². The van der Waals surface area contributed by atoms with Gasteiger partial charge in [-0.1, -0.05) is 128 Å². The van der Waals surface area contributed by atoms with E-state index in [1.807, 2.05) is 20.2 Å². The lowest BCUT2D eigenvalue weighted by Gasteiger charge is -2.43. The Kier molecular flexibility index (Phi) is 18.1. The lowest BCUT2D eigenvalue weighted by Crippen LogP contribution is -2.35. The summed E-state index contributed by atoms with van der Waals surface area (Å²) >= 11 is 0. The zero-order valence-electron chi connectivity index (χ0n) is 48.0. The SMILES string of the molecule is CN(C)c1ccc(CCNc2cc(C(O)C#Cc3ccc(C(=O)O)cc3)cc3c2C(C)(C)CCC3(C)C)cc1.CN(C)c1ccc(CCNc2cc(C(O)C=Cc3ccc(C(=O)O)cc3)cc3c2C(C)(C)CCC3(C)C)cc1. The first-order valence-corrected chi connectivity index (χ1v) is 27.4. The number of aliphatic hydroxyl groups excluding tert-OH is 2. The summed E-state index contributed by atoms with van der Waals surface area (Å²) in [4.78, 5) is 26.5. The highest BCUT2D eigenvalue weighted by Crippen LogP contribution is 2.51. The number of aromatic carboxylic acids is 2. The molecular formula is C68H82N4O6. The van der Waals surface area contributed by atoms with Gasteiger partial charge in [0.05, 0.1) is 17.2 Å². The van der Waals surface area contributed by atoms with E-state index in [9.17, 15) is 19.8 Å². The monoisotopic (exact) mass is 1050 g/mol. The van der Waals surface area contributed by atoms with E-state index in [1.165, 1.54) is 56.9 Å². The fourth-order valence-corrected chi connectivity index (χ4v) is 10.8. The van der Waals surface area contributed by atoms with E-state index < -0.39 is 24.1 Å². The first-order valence-electron chi connectivity index (χ1n) is 27.4. The van der Waals surface area contributed by atoms with E-state index in [4.69, 9.17) is 10.2 Å². The van der Waals surface area contributed by atoms with Crippen molar-refractivity contribution < 1.29 is 30.0 Å². The Morgan fingerprint density at radius 1 is 0.551 bits per heavy atom. The summed E-state index contributed by atoms with van der Waals surface area (Å²) in [6, 6.07) is 38.9. The average Bonchev–Trinajstić information content (AvgIpc) is 3.60. The van der Waals surface area contributed by atoms with E-state index in [1.54, 1.807) is 42.5 Å². The molecule has 410 valence electrons. The molecule has 10 nitrogen and oxygen atoms in total. The van der Waals surface area contributed by atoms with Gasteiger partial charge in [-0.2, -0.15) is 0 Å². The number of rotatable bonds is 16. The van der Waals surface area contributed by atoms with Gasteiger partial charge in [0.2, 0.25) is 0 Å². The number of anilines is 4. The quantitative estimate of drug-likeness (QED) is 0.0518. The largest absolute Gasteiger partial charge is 0.478 e. The second-order valence-corrected chi connectivity index (χ2v) is 24.3. The van der Waals surface area contributed by atoms with Crippen molar-refractivity contribution in [2.45, 2.75) is 128 Å². The first-order chi connectivity index (χ1) is 36.7. The Bertz CT molecular complexity index is 3160. The molecule has 0 aromatic heterocycles. The molecule has 0 bridgehead atoms. The molecule has 10 heteroatoms. The molecule has 0 saturated heterocycles. The second-order valence-electron chi connectivity index (χ2n) is 24.3. The van der Waals surface area contributed by atoms with E-state index >= 15 is 0 Å². The summed E-state index contributed by atoms with van der Waals surface area (Å²) in [5, 5.41) is 48.0. The zero-order valence-corrected chi connectivity index (χ0v) is 48.0. The number of nitrogens with one attached hydrogen (secondary N) is 2. The summed E-state index contributed by atoms with van der Waals surface area (Å²) in [5.41, 5.74) is 16.0. The molecular weight excluding hydrogens is 969 g/mol. The lowest BCUT2D eigenvalue weighted by molar-refractivity contribution is 0.0686. The lowest BCUT2D eigenvalue weighted by atomic mass is 9.62. The Balaban J connectivity index is 0.000000226. The molecule has 0 heterocycles. The normalized spacial score (nSPS) is 16.2. The zero-order chi connectivity index (χ0) is 56.7. The van der Waals surface area contributed by atoms with Gasteiger partial charge in [-0.3, -0.25) is 0 Å². The van der Waals surface area contributed by atoms with Crippen molar-refractivity contribution in [3.8, 4) is 11.8 Å². The van der Waals surface area contributed by atoms with E-state index in [-0.39, 0.29) is 32.8 Å². The highest BCUT2D eigenvalue weighted by atomic mass is 16.4. The summed E-state index contributed by atoms with van der Waals surface area (Å²) < 4.78 is 0. The predicted octanol–water partition coefficient (Wildman–Crippen LogP) is 13.7. The number of nitrogens with zero attached hydrogens (tertiary/aromatic N) is 2. The fourth-order valence-electron chi connectivity index (χ4n) is 10.8. The van der Waals surface area contributed by atoms with Gasteiger partial charge in [0.25, 0.3) is 0 Å². The van der Waals surface area contributed by atoms with Crippen LogP contribution in [-0.2, 0) is 34.5 Å². The highest BCUT2D eigenvalue weighted by Gasteiger charge is 2.41. The van der Waals surface area contributed by atoms with Gasteiger partial charge in [0.15, 0.2) is 0 Å². The van der Waals surface area contributed by atoms with Gasteiger partial charge in [-0.25, -0.2) is 9.59 Å². The van der Waals surface area contributed by atoms with Crippen LogP contribution in [0.5, 0.6) is 0 Å². The smallest absolute Gasteiger partial charge is 0.335 e. The number of carboxylic acids is 2. The van der Waals surface area contributed by atoms with Gasteiger partial charge in [0.1, 0.15) is 6.10 Å². The molecule has 0 aliphatic heterocycles. The van der Waals surface area contributed by atoms with Crippen LogP contribution < -0.4 is 20.4 Å². The maximum Gasteiger partial charge on any atom is 0.335 e. The molecule has 78 heavy (non-hydrogen) atoms. The van der Waals surface area contributed by atoms with E-state index in [0.717, 1.165) is 79.7 Å². The molecule has 8 rings (SSSR count). The van der Waals surface area contributed by atoms with Gasteiger partial charge in [0, 0.05) is 69.6 Å². The van der Waals surface area contributed by atoms with Gasteiger partial charge >= 0.3 is 11.9 Å². The summed E-state index contributed by atoms with van der Waals surface area (Å²) in [5.74, 6) is 4.05. The van der Waals surface area contributed by atoms with Crippen LogP contribution in [0.25, 0.3) is 6.08 Å². The number of hydrogen-bond acceptors (Lipinski definition) is 8. The van der Waals surface area contributed by atoms with E-state index in [0.29, 0.717) is 5.56 Å². The number of aliphatic hydroxyl groups is 2. The highest BCUT2D eigenvalue weighted by molar-refractivity contribution is 5.88. The first kappa shape index (κ1) is 58.4. The van der Waals surface area contributed by atoms with Crippen LogP contribution in [0.2, 0.25) is 0 Å².